The van der Waals surface area contributed by atoms with Crippen molar-refractivity contribution in [3.05, 3.63) is 28.6 Å². The number of hydrogen-bond donors (Lipinski definition) is 2. The van der Waals surface area contributed by atoms with Gasteiger partial charge in [-0.3, -0.25) is 4.98 Å². The first-order valence-electron chi connectivity index (χ1n) is 5.50. The van der Waals surface area contributed by atoms with Crippen molar-refractivity contribution < 1.29 is 10.2 Å². The summed E-state index contributed by atoms with van der Waals surface area (Å²) in [5, 5.41) is 19.0. The molecule has 0 saturated heterocycles. The third-order valence-electron chi connectivity index (χ3n) is 3.06. The van der Waals surface area contributed by atoms with Crippen LogP contribution < -0.4 is 0 Å². The largest absolute Gasteiger partial charge is 0.390 e. The molecule has 0 bridgehead atoms. The Morgan fingerprint density at radius 3 is 3.00 bits per heavy atom. The van der Waals surface area contributed by atoms with E-state index in [1.165, 1.54) is 5.56 Å². The van der Waals surface area contributed by atoms with Crippen LogP contribution >= 0.6 is 0 Å². The zero-order valence-electron chi connectivity index (χ0n) is 9.03. The van der Waals surface area contributed by atoms with Crippen LogP contribution in [0.5, 0.6) is 0 Å². The van der Waals surface area contributed by atoms with Gasteiger partial charge in [-0.1, -0.05) is 6.42 Å². The lowest BCUT2D eigenvalue weighted by molar-refractivity contribution is 0.161. The molecular formula is C12H17NO2. The Balaban J connectivity index is 2.50. The maximum Gasteiger partial charge on any atom is 0.0962 e. The second kappa shape index (κ2) is 4.29. The molecule has 3 heteroatoms. The Morgan fingerprint density at radius 1 is 1.47 bits per heavy atom. The average molecular weight is 207 g/mol. The van der Waals surface area contributed by atoms with E-state index in [1.54, 1.807) is 0 Å². The average Bonchev–Trinajstić information content (AvgIpc) is 2.41. The SMILES string of the molecule is Cc1cc(CO)nc2c1CCCCC2O. The standard InChI is InChI=1S/C12H17NO2/c1-8-6-9(7-14)13-12-10(8)4-2-3-5-11(12)15/h6,11,14-15H,2-5,7H2,1H3. The van der Waals surface area contributed by atoms with E-state index in [4.69, 9.17) is 5.11 Å². The van der Waals surface area contributed by atoms with Crippen LogP contribution in [-0.2, 0) is 13.0 Å². The molecule has 3 nitrogen and oxygen atoms in total. The molecule has 2 N–H and O–H groups in total. The predicted molar refractivity (Wildman–Crippen MR) is 57.4 cm³/mol. The molecule has 82 valence electrons. The van der Waals surface area contributed by atoms with Crippen molar-refractivity contribution in [3.8, 4) is 0 Å². The number of aliphatic hydroxyl groups excluding tert-OH is 2. The van der Waals surface area contributed by atoms with Crippen molar-refractivity contribution in [2.75, 3.05) is 0 Å². The Kier molecular flexibility index (Phi) is 3.03. The van der Waals surface area contributed by atoms with Crippen LogP contribution in [0.1, 0.15) is 47.9 Å². The summed E-state index contributed by atoms with van der Waals surface area (Å²) in [4.78, 5) is 4.33. The van der Waals surface area contributed by atoms with Crippen molar-refractivity contribution in [1.29, 1.82) is 0 Å². The number of aliphatic hydroxyl groups is 2. The minimum Gasteiger partial charge on any atom is -0.390 e. The van der Waals surface area contributed by atoms with Gasteiger partial charge < -0.3 is 10.2 Å². The summed E-state index contributed by atoms with van der Waals surface area (Å²) in [7, 11) is 0. The molecule has 1 aliphatic carbocycles. The zero-order chi connectivity index (χ0) is 10.8. The third kappa shape index (κ3) is 2.03. The van der Waals surface area contributed by atoms with E-state index >= 15 is 0 Å². The lowest BCUT2D eigenvalue weighted by atomic mass is 10.0. The van der Waals surface area contributed by atoms with Crippen LogP contribution in [0.15, 0.2) is 6.07 Å². The van der Waals surface area contributed by atoms with Gasteiger partial charge in [0.05, 0.1) is 24.1 Å². The fourth-order valence-corrected chi connectivity index (χ4v) is 2.25. The normalized spacial score (nSPS) is 20.9. The number of rotatable bonds is 1. The highest BCUT2D eigenvalue weighted by atomic mass is 16.3. The highest BCUT2D eigenvalue weighted by Crippen LogP contribution is 2.29. The predicted octanol–water partition coefficient (Wildman–Crippen LogP) is 1.64. The molecule has 0 saturated carbocycles. The van der Waals surface area contributed by atoms with Crippen LogP contribution in [0, 0.1) is 6.92 Å². The maximum absolute atomic E-state index is 9.94. The lowest BCUT2D eigenvalue weighted by Gasteiger charge is -2.14. The molecule has 0 spiro atoms. The molecule has 2 rings (SSSR count). The first-order chi connectivity index (χ1) is 7.22. The van der Waals surface area contributed by atoms with Crippen molar-refractivity contribution in [2.24, 2.45) is 0 Å². The fourth-order valence-electron chi connectivity index (χ4n) is 2.25. The lowest BCUT2D eigenvalue weighted by Crippen LogP contribution is -2.07. The van der Waals surface area contributed by atoms with Crippen molar-refractivity contribution >= 4 is 0 Å². The van der Waals surface area contributed by atoms with Gasteiger partial charge >= 0.3 is 0 Å². The summed E-state index contributed by atoms with van der Waals surface area (Å²) in [6, 6.07) is 1.91. The van der Waals surface area contributed by atoms with Gasteiger partial charge in [0, 0.05) is 0 Å². The Labute approximate surface area is 89.8 Å². The molecular weight excluding hydrogens is 190 g/mol. The molecule has 1 atom stereocenters. The molecule has 0 amide bonds. The van der Waals surface area contributed by atoms with Gasteiger partial charge in [0.25, 0.3) is 0 Å². The van der Waals surface area contributed by atoms with Gasteiger partial charge in [0.15, 0.2) is 0 Å². The molecule has 1 heterocycles. The van der Waals surface area contributed by atoms with E-state index in [0.29, 0.717) is 5.69 Å². The molecule has 1 unspecified atom stereocenters. The van der Waals surface area contributed by atoms with E-state index in [0.717, 1.165) is 36.9 Å². The second-order valence-corrected chi connectivity index (χ2v) is 4.21. The van der Waals surface area contributed by atoms with E-state index < -0.39 is 6.10 Å². The van der Waals surface area contributed by atoms with Crippen LogP contribution in [-0.4, -0.2) is 15.2 Å². The molecule has 1 aromatic heterocycles. The van der Waals surface area contributed by atoms with Crippen molar-refractivity contribution in [3.63, 3.8) is 0 Å². The fraction of sp³-hybridized carbons (Fsp3) is 0.583. The molecule has 15 heavy (non-hydrogen) atoms. The Bertz CT molecular complexity index is 363. The topological polar surface area (TPSA) is 53.4 Å². The number of pyridine rings is 1. The maximum atomic E-state index is 9.94. The van der Waals surface area contributed by atoms with Gasteiger partial charge in [-0.2, -0.15) is 0 Å². The number of aromatic nitrogens is 1. The highest BCUT2D eigenvalue weighted by molar-refractivity contribution is 5.34. The molecule has 0 fully saturated rings. The summed E-state index contributed by atoms with van der Waals surface area (Å²) >= 11 is 0. The Hall–Kier alpha value is -0.930. The minimum atomic E-state index is -0.451. The Morgan fingerprint density at radius 2 is 2.27 bits per heavy atom. The molecule has 1 aliphatic rings. The monoisotopic (exact) mass is 207 g/mol. The second-order valence-electron chi connectivity index (χ2n) is 4.21. The third-order valence-corrected chi connectivity index (χ3v) is 3.06. The van der Waals surface area contributed by atoms with Gasteiger partial charge in [-0.15, -0.1) is 0 Å². The van der Waals surface area contributed by atoms with Crippen molar-refractivity contribution in [2.45, 2.75) is 45.3 Å². The smallest absolute Gasteiger partial charge is 0.0962 e. The number of nitrogens with zero attached hydrogens (tertiary/aromatic N) is 1. The molecule has 0 aliphatic heterocycles. The van der Waals surface area contributed by atoms with Gasteiger partial charge in [-0.05, 0) is 43.4 Å². The quantitative estimate of drug-likeness (QED) is 0.688. The molecule has 0 aromatic carbocycles. The van der Waals surface area contributed by atoms with Gasteiger partial charge in [0.2, 0.25) is 0 Å². The van der Waals surface area contributed by atoms with Crippen LogP contribution in [0.3, 0.4) is 0 Å². The zero-order valence-corrected chi connectivity index (χ0v) is 9.03. The van der Waals surface area contributed by atoms with Crippen molar-refractivity contribution in [1.82, 2.24) is 4.98 Å². The highest BCUT2D eigenvalue weighted by Gasteiger charge is 2.19. The van der Waals surface area contributed by atoms with Crippen LogP contribution in [0.4, 0.5) is 0 Å². The van der Waals surface area contributed by atoms with E-state index in [9.17, 15) is 5.11 Å². The number of aryl methyl sites for hydroxylation is 1. The summed E-state index contributed by atoms with van der Waals surface area (Å²) in [6.07, 6.45) is 3.49. The van der Waals surface area contributed by atoms with E-state index in [2.05, 4.69) is 4.98 Å². The van der Waals surface area contributed by atoms with E-state index in [-0.39, 0.29) is 6.61 Å². The van der Waals surface area contributed by atoms with Crippen LogP contribution in [0.2, 0.25) is 0 Å². The number of hydrogen-bond acceptors (Lipinski definition) is 3. The summed E-state index contributed by atoms with van der Waals surface area (Å²) in [5.74, 6) is 0. The summed E-state index contributed by atoms with van der Waals surface area (Å²) in [6.45, 7) is 1.97. The number of fused-ring (bicyclic) bond motifs is 1. The van der Waals surface area contributed by atoms with Gasteiger partial charge in [-0.25, -0.2) is 0 Å². The van der Waals surface area contributed by atoms with E-state index in [1.807, 2.05) is 13.0 Å². The molecule has 1 aromatic rings. The van der Waals surface area contributed by atoms with Crippen LogP contribution in [0.25, 0.3) is 0 Å². The first kappa shape index (κ1) is 10.6. The van der Waals surface area contributed by atoms with Gasteiger partial charge in [0.1, 0.15) is 0 Å². The first-order valence-corrected chi connectivity index (χ1v) is 5.50. The molecule has 0 radical (unpaired) electrons. The summed E-state index contributed by atoms with van der Waals surface area (Å²) < 4.78 is 0. The minimum absolute atomic E-state index is 0.0547. The summed E-state index contributed by atoms with van der Waals surface area (Å²) in [5.41, 5.74) is 3.77.